The van der Waals surface area contributed by atoms with E-state index in [4.69, 9.17) is 4.74 Å². The van der Waals surface area contributed by atoms with E-state index in [9.17, 15) is 18.0 Å². The topological polar surface area (TPSA) is 38.3 Å². The Balaban J connectivity index is 1.94. The molecule has 0 aromatic heterocycles. The summed E-state index contributed by atoms with van der Waals surface area (Å²) in [6.45, 7) is 3.37. The molecule has 0 aliphatic heterocycles. The van der Waals surface area contributed by atoms with Gasteiger partial charge < -0.3 is 10.1 Å². The van der Waals surface area contributed by atoms with Crippen molar-refractivity contribution >= 4 is 5.91 Å². The van der Waals surface area contributed by atoms with Crippen LogP contribution in [0.2, 0.25) is 0 Å². The largest absolute Gasteiger partial charge is 0.490 e. The third-order valence-electron chi connectivity index (χ3n) is 3.38. The van der Waals surface area contributed by atoms with Crippen LogP contribution in [0.25, 0.3) is 0 Å². The molecule has 21 heavy (non-hydrogen) atoms. The molecule has 1 N–H and O–H groups in total. The number of carbonyl (C=O) groups is 1. The van der Waals surface area contributed by atoms with Crippen molar-refractivity contribution in [3.8, 4) is 5.75 Å². The molecule has 0 unspecified atom stereocenters. The molecule has 1 aliphatic carbocycles. The van der Waals surface area contributed by atoms with Crippen LogP contribution >= 0.6 is 0 Å². The van der Waals surface area contributed by atoms with Gasteiger partial charge in [-0.3, -0.25) is 4.79 Å². The van der Waals surface area contributed by atoms with Crippen LogP contribution in [0, 0.1) is 0 Å². The molecule has 6 heteroatoms. The van der Waals surface area contributed by atoms with Gasteiger partial charge in [-0.15, -0.1) is 0 Å². The molecule has 2 atom stereocenters. The van der Waals surface area contributed by atoms with Crippen LogP contribution < -0.4 is 10.1 Å². The van der Waals surface area contributed by atoms with E-state index in [2.05, 4.69) is 11.9 Å². The van der Waals surface area contributed by atoms with Crippen LogP contribution in [-0.2, 0) is 11.0 Å². The van der Waals surface area contributed by atoms with Crippen molar-refractivity contribution in [2.75, 3.05) is 0 Å². The fourth-order valence-corrected chi connectivity index (χ4v) is 2.38. The molecule has 114 valence electrons. The molecule has 0 heterocycles. The lowest BCUT2D eigenvalue weighted by atomic mass is 10.2. The zero-order valence-corrected chi connectivity index (χ0v) is 11.3. The van der Waals surface area contributed by atoms with Crippen molar-refractivity contribution in [2.45, 2.75) is 37.6 Å². The second-order valence-electron chi connectivity index (χ2n) is 4.99. The molecule has 1 saturated carbocycles. The van der Waals surface area contributed by atoms with Crippen molar-refractivity contribution in [1.82, 2.24) is 5.32 Å². The molecule has 1 fully saturated rings. The number of nitrogens with one attached hydrogen (secondary N) is 1. The quantitative estimate of drug-likeness (QED) is 0.866. The Bertz CT molecular complexity index is 528. The highest BCUT2D eigenvalue weighted by Crippen LogP contribution is 2.32. The van der Waals surface area contributed by atoms with E-state index in [-0.39, 0.29) is 23.8 Å². The van der Waals surface area contributed by atoms with Gasteiger partial charge >= 0.3 is 6.18 Å². The van der Waals surface area contributed by atoms with Crippen molar-refractivity contribution in [2.24, 2.45) is 0 Å². The van der Waals surface area contributed by atoms with Crippen LogP contribution in [0.4, 0.5) is 13.2 Å². The molecule has 0 saturated heterocycles. The van der Waals surface area contributed by atoms with Gasteiger partial charge in [-0.05, 0) is 37.1 Å². The van der Waals surface area contributed by atoms with Gasteiger partial charge in [0, 0.05) is 12.5 Å². The zero-order chi connectivity index (χ0) is 15.5. The van der Waals surface area contributed by atoms with E-state index in [1.807, 2.05) is 0 Å². The van der Waals surface area contributed by atoms with Crippen molar-refractivity contribution in [1.29, 1.82) is 0 Å². The van der Waals surface area contributed by atoms with Crippen LogP contribution in [0.3, 0.4) is 0 Å². The van der Waals surface area contributed by atoms with Gasteiger partial charge in [0.25, 0.3) is 0 Å². The summed E-state index contributed by atoms with van der Waals surface area (Å²) in [5, 5.41) is 2.76. The summed E-state index contributed by atoms with van der Waals surface area (Å²) in [4.78, 5) is 11.2. The maximum atomic E-state index is 12.6. The first kappa shape index (κ1) is 15.4. The van der Waals surface area contributed by atoms with Crippen LogP contribution in [-0.4, -0.2) is 18.1 Å². The van der Waals surface area contributed by atoms with Gasteiger partial charge in [0.2, 0.25) is 5.91 Å². The minimum atomic E-state index is -4.38. The summed E-state index contributed by atoms with van der Waals surface area (Å²) in [7, 11) is 0. The van der Waals surface area contributed by atoms with Crippen molar-refractivity contribution in [3.05, 3.63) is 42.5 Å². The lowest BCUT2D eigenvalue weighted by Crippen LogP contribution is -2.32. The highest BCUT2D eigenvalue weighted by atomic mass is 19.4. The van der Waals surface area contributed by atoms with Gasteiger partial charge in [-0.1, -0.05) is 12.6 Å². The van der Waals surface area contributed by atoms with Crippen LogP contribution in [0.15, 0.2) is 36.9 Å². The van der Waals surface area contributed by atoms with Crippen molar-refractivity contribution < 1.29 is 22.7 Å². The number of carbonyl (C=O) groups excluding carboxylic acids is 1. The maximum absolute atomic E-state index is 12.6. The molecule has 0 bridgehead atoms. The van der Waals surface area contributed by atoms with Crippen molar-refractivity contribution in [3.63, 3.8) is 0 Å². The molecule has 1 amide bonds. The normalized spacial score (nSPS) is 21.9. The number of rotatable bonds is 4. The highest BCUT2D eigenvalue weighted by molar-refractivity contribution is 5.87. The average molecular weight is 299 g/mol. The van der Waals surface area contributed by atoms with Gasteiger partial charge in [0.05, 0.1) is 5.56 Å². The Morgan fingerprint density at radius 2 is 2.14 bits per heavy atom. The lowest BCUT2D eigenvalue weighted by molar-refractivity contribution is -0.137. The molecular weight excluding hydrogens is 283 g/mol. The second kappa shape index (κ2) is 6.20. The smallest absolute Gasteiger partial charge is 0.416 e. The van der Waals surface area contributed by atoms with E-state index >= 15 is 0 Å². The fourth-order valence-electron chi connectivity index (χ4n) is 2.38. The van der Waals surface area contributed by atoms with E-state index in [0.717, 1.165) is 18.6 Å². The molecule has 1 aromatic rings. The maximum Gasteiger partial charge on any atom is 0.416 e. The van der Waals surface area contributed by atoms with E-state index in [0.29, 0.717) is 12.8 Å². The highest BCUT2D eigenvalue weighted by Gasteiger charge is 2.31. The third-order valence-corrected chi connectivity index (χ3v) is 3.38. The summed E-state index contributed by atoms with van der Waals surface area (Å²) in [5.41, 5.74) is -0.727. The van der Waals surface area contributed by atoms with Gasteiger partial charge in [0.15, 0.2) is 0 Å². The Morgan fingerprint density at radius 1 is 1.38 bits per heavy atom. The van der Waals surface area contributed by atoms with E-state index in [1.54, 1.807) is 0 Å². The number of alkyl halides is 3. The van der Waals surface area contributed by atoms with Gasteiger partial charge in [-0.25, -0.2) is 0 Å². The summed E-state index contributed by atoms with van der Waals surface area (Å²) >= 11 is 0. The predicted octanol–water partition coefficient (Wildman–Crippen LogP) is 3.31. The molecule has 1 aromatic carbocycles. The SMILES string of the molecule is C=CC(=O)N[C@@H]1CC[C@H](Oc2cccc(C(F)(F)F)c2)C1. The Hall–Kier alpha value is -1.98. The number of ether oxygens (including phenoxy) is 1. The Kier molecular flexibility index (Phi) is 4.55. The summed E-state index contributed by atoms with van der Waals surface area (Å²) in [5.74, 6) is -0.0507. The molecule has 0 radical (unpaired) electrons. The number of hydrogen-bond acceptors (Lipinski definition) is 2. The van der Waals surface area contributed by atoms with E-state index < -0.39 is 11.7 Å². The summed E-state index contributed by atoms with van der Waals surface area (Å²) in [6.07, 6.45) is -1.36. The standard InChI is InChI=1S/C15H16F3NO2/c1-2-14(20)19-11-6-7-13(9-11)21-12-5-3-4-10(8-12)15(16,17)18/h2-5,8,11,13H,1,6-7,9H2,(H,19,20)/t11-,13+/m1/s1. The number of benzene rings is 1. The first-order valence-corrected chi connectivity index (χ1v) is 6.65. The van der Waals surface area contributed by atoms with Crippen LogP contribution in [0.5, 0.6) is 5.75 Å². The Morgan fingerprint density at radius 3 is 2.81 bits per heavy atom. The number of halogens is 3. The molecular formula is C15H16F3NO2. The average Bonchev–Trinajstić information content (AvgIpc) is 2.85. The number of hydrogen-bond donors (Lipinski definition) is 1. The summed E-state index contributed by atoms with van der Waals surface area (Å²) in [6, 6.07) is 4.81. The lowest BCUT2D eigenvalue weighted by Gasteiger charge is -2.16. The van der Waals surface area contributed by atoms with Gasteiger partial charge in [-0.2, -0.15) is 13.2 Å². The first-order chi connectivity index (χ1) is 9.88. The number of amides is 1. The molecule has 3 nitrogen and oxygen atoms in total. The molecule has 2 rings (SSSR count). The molecule has 0 spiro atoms. The van der Waals surface area contributed by atoms with Crippen LogP contribution in [0.1, 0.15) is 24.8 Å². The summed E-state index contributed by atoms with van der Waals surface area (Å²) < 4.78 is 43.4. The zero-order valence-electron chi connectivity index (χ0n) is 11.3. The Labute approximate surface area is 120 Å². The minimum absolute atomic E-state index is 0.0219. The molecule has 1 aliphatic rings. The van der Waals surface area contributed by atoms with Gasteiger partial charge in [0.1, 0.15) is 11.9 Å². The predicted molar refractivity (Wildman–Crippen MR) is 71.8 cm³/mol. The monoisotopic (exact) mass is 299 g/mol. The minimum Gasteiger partial charge on any atom is -0.490 e. The fraction of sp³-hybridized carbons (Fsp3) is 0.400. The third kappa shape index (κ3) is 4.24. The second-order valence-corrected chi connectivity index (χ2v) is 4.99. The van der Waals surface area contributed by atoms with E-state index in [1.165, 1.54) is 18.2 Å². The first-order valence-electron chi connectivity index (χ1n) is 6.65.